The van der Waals surface area contributed by atoms with Crippen LogP contribution in [-0.2, 0) is 27.7 Å². The van der Waals surface area contributed by atoms with Crippen molar-refractivity contribution in [2.24, 2.45) is 0 Å². The topological polar surface area (TPSA) is 99.3 Å². The number of nitrogens with one attached hydrogen (secondary N) is 1. The summed E-state index contributed by atoms with van der Waals surface area (Å²) < 4.78 is 32.2. The maximum Gasteiger partial charge on any atom is 0.256 e. The Bertz CT molecular complexity index is 1150. The Morgan fingerprint density at radius 1 is 1.09 bits per heavy atom. The summed E-state index contributed by atoms with van der Waals surface area (Å²) in [7, 11) is 1.79. The molecule has 178 valence electrons. The van der Waals surface area contributed by atoms with E-state index in [4.69, 9.17) is 4.74 Å². The van der Waals surface area contributed by atoms with Crippen LogP contribution in [-0.4, -0.2) is 88.3 Å². The van der Waals surface area contributed by atoms with Crippen molar-refractivity contribution in [1.82, 2.24) is 14.1 Å². The van der Waals surface area contributed by atoms with Crippen LogP contribution in [0.3, 0.4) is 0 Å². The lowest BCUT2D eigenvalue weighted by Gasteiger charge is -2.26. The molecule has 0 spiro atoms. The van der Waals surface area contributed by atoms with E-state index in [-0.39, 0.29) is 16.7 Å². The predicted octanol–water partition coefficient (Wildman–Crippen LogP) is 1.71. The highest BCUT2D eigenvalue weighted by Gasteiger charge is 2.29. The molecule has 3 heterocycles. The van der Waals surface area contributed by atoms with Gasteiger partial charge in [0.2, 0.25) is 10.0 Å². The Morgan fingerprint density at radius 3 is 2.39 bits per heavy atom. The molecule has 2 aromatic rings. The van der Waals surface area contributed by atoms with Gasteiger partial charge < -0.3 is 19.9 Å². The summed E-state index contributed by atoms with van der Waals surface area (Å²) in [5, 5.41) is 3.42. The van der Waals surface area contributed by atoms with Crippen molar-refractivity contribution in [3.8, 4) is 0 Å². The number of morpholine rings is 1. The highest BCUT2D eigenvalue weighted by atomic mass is 32.2. The second kappa shape index (κ2) is 9.51. The summed E-state index contributed by atoms with van der Waals surface area (Å²) in [6, 6.07) is 5.88. The fourth-order valence-corrected chi connectivity index (χ4v) is 6.68. The van der Waals surface area contributed by atoms with Gasteiger partial charge in [-0.2, -0.15) is 4.31 Å². The first-order chi connectivity index (χ1) is 15.7. The van der Waals surface area contributed by atoms with E-state index in [1.807, 2.05) is 7.05 Å². The van der Waals surface area contributed by atoms with Crippen molar-refractivity contribution in [3.05, 3.63) is 45.8 Å². The van der Waals surface area contributed by atoms with Crippen molar-refractivity contribution < 1.29 is 22.7 Å². The first-order valence-electron chi connectivity index (χ1n) is 10.7. The molecule has 2 amide bonds. The normalized spacial score (nSPS) is 17.4. The Balaban J connectivity index is 1.57. The number of carbonyl (C=O) groups is 2. The maximum atomic E-state index is 13.0. The standard InChI is InChI=1S/C22H28N4O5S2/c1-24(2)22(28)19-17-8-9-25(3)14-18(17)32-21(19)23-20(27)15-4-6-16(7-5-15)33(29,30)26-10-12-31-13-11-26/h4-7H,8-14H2,1-3H3,(H,23,27). The Labute approximate surface area is 198 Å². The molecule has 1 fully saturated rings. The first-order valence-corrected chi connectivity index (χ1v) is 13.0. The number of anilines is 1. The minimum atomic E-state index is -3.63. The zero-order valence-electron chi connectivity index (χ0n) is 19.0. The minimum absolute atomic E-state index is 0.138. The summed E-state index contributed by atoms with van der Waals surface area (Å²) in [6.45, 7) is 2.95. The molecule has 0 saturated carbocycles. The molecule has 0 aliphatic carbocycles. The zero-order valence-corrected chi connectivity index (χ0v) is 20.6. The number of hydrogen-bond acceptors (Lipinski definition) is 7. The molecule has 0 unspecified atom stereocenters. The monoisotopic (exact) mass is 492 g/mol. The smallest absolute Gasteiger partial charge is 0.256 e. The third-order valence-corrected chi connectivity index (χ3v) is 8.86. The summed E-state index contributed by atoms with van der Waals surface area (Å²) in [5.74, 6) is -0.524. The second-order valence-electron chi connectivity index (χ2n) is 8.39. The molecular formula is C22H28N4O5S2. The maximum absolute atomic E-state index is 13.0. The molecule has 1 N–H and O–H groups in total. The quantitative estimate of drug-likeness (QED) is 0.682. The number of sulfonamides is 1. The van der Waals surface area contributed by atoms with Gasteiger partial charge in [-0.15, -0.1) is 11.3 Å². The van der Waals surface area contributed by atoms with E-state index in [2.05, 4.69) is 10.2 Å². The van der Waals surface area contributed by atoms with Gasteiger partial charge in [0.05, 0.1) is 23.7 Å². The van der Waals surface area contributed by atoms with Crippen molar-refractivity contribution in [2.75, 3.05) is 59.3 Å². The van der Waals surface area contributed by atoms with Crippen molar-refractivity contribution in [3.63, 3.8) is 0 Å². The third kappa shape index (κ3) is 4.82. The van der Waals surface area contributed by atoms with E-state index < -0.39 is 10.0 Å². The fourth-order valence-electron chi connectivity index (χ4n) is 3.96. The van der Waals surface area contributed by atoms with Crippen molar-refractivity contribution in [1.29, 1.82) is 0 Å². The van der Waals surface area contributed by atoms with Crippen LogP contribution in [0.15, 0.2) is 29.2 Å². The molecule has 1 aromatic heterocycles. The van der Waals surface area contributed by atoms with Gasteiger partial charge in [0.25, 0.3) is 11.8 Å². The molecule has 2 aliphatic heterocycles. The van der Waals surface area contributed by atoms with E-state index in [0.29, 0.717) is 42.4 Å². The molecule has 33 heavy (non-hydrogen) atoms. The first kappa shape index (κ1) is 23.8. The fraction of sp³-hybridized carbons (Fsp3) is 0.455. The molecular weight excluding hydrogens is 464 g/mol. The van der Waals surface area contributed by atoms with E-state index >= 15 is 0 Å². The van der Waals surface area contributed by atoms with Gasteiger partial charge >= 0.3 is 0 Å². The number of ether oxygens (including phenoxy) is 1. The molecule has 1 aromatic carbocycles. The van der Waals surface area contributed by atoms with Crippen molar-refractivity contribution in [2.45, 2.75) is 17.9 Å². The van der Waals surface area contributed by atoms with Crippen LogP contribution in [0.5, 0.6) is 0 Å². The predicted molar refractivity (Wildman–Crippen MR) is 126 cm³/mol. The Kier molecular flexibility index (Phi) is 6.87. The number of hydrogen-bond donors (Lipinski definition) is 1. The molecule has 4 rings (SSSR count). The van der Waals surface area contributed by atoms with E-state index in [9.17, 15) is 18.0 Å². The minimum Gasteiger partial charge on any atom is -0.379 e. The lowest BCUT2D eigenvalue weighted by atomic mass is 10.0. The van der Waals surface area contributed by atoms with Gasteiger partial charge in [-0.25, -0.2) is 8.42 Å². The lowest BCUT2D eigenvalue weighted by Crippen LogP contribution is -2.40. The number of likely N-dealkylation sites (N-methyl/N-ethyl adjacent to an activating group) is 1. The van der Waals surface area contributed by atoms with Gasteiger partial charge in [0.1, 0.15) is 5.00 Å². The van der Waals surface area contributed by atoms with Gasteiger partial charge in [0.15, 0.2) is 0 Å². The molecule has 0 radical (unpaired) electrons. The van der Waals surface area contributed by atoms with Crippen LogP contribution < -0.4 is 5.32 Å². The van der Waals surface area contributed by atoms with Crippen molar-refractivity contribution >= 4 is 38.2 Å². The van der Waals surface area contributed by atoms with E-state index in [1.165, 1.54) is 44.8 Å². The number of thiophene rings is 1. The van der Waals surface area contributed by atoms with Crippen LogP contribution >= 0.6 is 11.3 Å². The van der Waals surface area contributed by atoms with Gasteiger partial charge in [0, 0.05) is 50.7 Å². The van der Waals surface area contributed by atoms with Gasteiger partial charge in [-0.05, 0) is 43.3 Å². The second-order valence-corrected chi connectivity index (χ2v) is 11.4. The average Bonchev–Trinajstić information content (AvgIpc) is 3.15. The summed E-state index contributed by atoms with van der Waals surface area (Å²) in [5.41, 5.74) is 1.87. The number of fused-ring (bicyclic) bond motifs is 1. The highest BCUT2D eigenvalue weighted by molar-refractivity contribution is 7.89. The summed E-state index contributed by atoms with van der Waals surface area (Å²) in [4.78, 5) is 30.8. The number of nitrogens with zero attached hydrogens (tertiary/aromatic N) is 3. The molecule has 2 aliphatic rings. The average molecular weight is 493 g/mol. The number of benzene rings is 1. The van der Waals surface area contributed by atoms with E-state index in [1.54, 1.807) is 14.1 Å². The van der Waals surface area contributed by atoms with Gasteiger partial charge in [-0.1, -0.05) is 0 Å². The number of rotatable bonds is 5. The van der Waals surface area contributed by atoms with Crippen LogP contribution in [0.1, 0.15) is 31.2 Å². The zero-order chi connectivity index (χ0) is 23.8. The number of carbonyl (C=O) groups excluding carboxylic acids is 2. The van der Waals surface area contributed by atoms with Gasteiger partial charge in [-0.3, -0.25) is 9.59 Å². The van der Waals surface area contributed by atoms with E-state index in [0.717, 1.165) is 30.0 Å². The largest absolute Gasteiger partial charge is 0.379 e. The third-order valence-electron chi connectivity index (χ3n) is 5.82. The molecule has 11 heteroatoms. The molecule has 9 nitrogen and oxygen atoms in total. The SMILES string of the molecule is CN1CCc2c(sc(NC(=O)c3ccc(S(=O)(=O)N4CCOCC4)cc3)c2C(=O)N(C)C)C1. The summed E-state index contributed by atoms with van der Waals surface area (Å²) >= 11 is 1.43. The Morgan fingerprint density at radius 2 is 1.76 bits per heavy atom. The van der Waals surface area contributed by atoms with Crippen LogP contribution in [0, 0.1) is 0 Å². The highest BCUT2D eigenvalue weighted by Crippen LogP contribution is 2.37. The number of amides is 2. The van der Waals surface area contributed by atoms with Crippen LogP contribution in [0.2, 0.25) is 0 Å². The Hall–Kier alpha value is -2.31. The molecule has 0 bridgehead atoms. The molecule has 1 saturated heterocycles. The lowest BCUT2D eigenvalue weighted by molar-refractivity contribution is 0.0730. The van der Waals surface area contributed by atoms with Crippen LogP contribution in [0.25, 0.3) is 0 Å². The molecule has 0 atom stereocenters. The summed E-state index contributed by atoms with van der Waals surface area (Å²) in [6.07, 6.45) is 0.751. The van der Waals surface area contributed by atoms with Crippen LogP contribution in [0.4, 0.5) is 5.00 Å².